The number of aromatic nitrogens is 2. The fourth-order valence-electron chi connectivity index (χ4n) is 4.55. The molecule has 0 unspecified atom stereocenters. The largest absolute Gasteiger partial charge is 0.369 e. The number of rotatable bonds is 4. The van der Waals surface area contributed by atoms with Crippen LogP contribution in [0.4, 0.5) is 5.69 Å². The highest BCUT2D eigenvalue weighted by molar-refractivity contribution is 6.06. The topological polar surface area (TPSA) is 53.4 Å². The van der Waals surface area contributed by atoms with Crippen molar-refractivity contribution in [1.29, 1.82) is 0 Å². The maximum absolute atomic E-state index is 12.4. The fraction of sp³-hybridized carbons (Fsp3) is 0.391. The molecule has 6 heteroatoms. The van der Waals surface area contributed by atoms with Crippen molar-refractivity contribution in [1.82, 2.24) is 19.8 Å². The Kier molecular flexibility index (Phi) is 4.72. The molecule has 6 nitrogen and oxygen atoms in total. The number of nitrogens with zero attached hydrogens (tertiary/aromatic N) is 4. The predicted molar refractivity (Wildman–Crippen MR) is 116 cm³/mol. The first kappa shape index (κ1) is 18.2. The first-order valence-corrected chi connectivity index (χ1v) is 10.6. The Balaban J connectivity index is 1.44. The van der Waals surface area contributed by atoms with Crippen molar-refractivity contribution in [2.24, 2.45) is 0 Å². The van der Waals surface area contributed by atoms with Crippen molar-refractivity contribution < 1.29 is 4.79 Å². The number of imidazole rings is 1. The zero-order valence-corrected chi connectivity index (χ0v) is 16.9. The van der Waals surface area contributed by atoms with Gasteiger partial charge in [-0.1, -0.05) is 13.0 Å². The van der Waals surface area contributed by atoms with E-state index < -0.39 is 0 Å². The Hall–Kier alpha value is -2.86. The summed E-state index contributed by atoms with van der Waals surface area (Å²) in [6, 6.07) is 14.5. The molecule has 0 radical (unpaired) electrons. The molecule has 29 heavy (non-hydrogen) atoms. The van der Waals surface area contributed by atoms with Crippen LogP contribution in [0.1, 0.15) is 23.7 Å². The van der Waals surface area contributed by atoms with E-state index in [1.165, 1.54) is 18.7 Å². The number of piperazine rings is 1. The number of amides is 1. The molecule has 1 N–H and O–H groups in total. The normalized spacial score (nSPS) is 17.4. The maximum atomic E-state index is 12.4. The van der Waals surface area contributed by atoms with Crippen LogP contribution in [0, 0.1) is 0 Å². The Morgan fingerprint density at radius 3 is 2.55 bits per heavy atom. The molecule has 1 fully saturated rings. The molecule has 0 bridgehead atoms. The van der Waals surface area contributed by atoms with Crippen LogP contribution >= 0.6 is 0 Å². The molecule has 2 aromatic carbocycles. The maximum Gasteiger partial charge on any atom is 0.253 e. The second-order valence-corrected chi connectivity index (χ2v) is 7.89. The second kappa shape index (κ2) is 7.52. The van der Waals surface area contributed by atoms with E-state index in [0.29, 0.717) is 12.1 Å². The zero-order valence-electron chi connectivity index (χ0n) is 16.9. The quantitative estimate of drug-likeness (QED) is 0.745. The number of carbonyl (C=O) groups is 1. The van der Waals surface area contributed by atoms with Crippen LogP contribution in [0.3, 0.4) is 0 Å². The van der Waals surface area contributed by atoms with Gasteiger partial charge in [-0.15, -0.1) is 0 Å². The molecule has 3 heterocycles. The number of anilines is 1. The monoisotopic (exact) mass is 389 g/mol. The molecule has 3 aromatic rings. The average molecular weight is 390 g/mol. The van der Waals surface area contributed by atoms with Gasteiger partial charge in [0.1, 0.15) is 5.82 Å². The van der Waals surface area contributed by atoms with Crippen molar-refractivity contribution in [3.05, 3.63) is 48.0 Å². The first-order chi connectivity index (χ1) is 14.2. The molecule has 1 saturated heterocycles. The van der Waals surface area contributed by atoms with Gasteiger partial charge in [0.05, 0.1) is 16.6 Å². The van der Waals surface area contributed by atoms with Gasteiger partial charge >= 0.3 is 0 Å². The number of benzene rings is 2. The average Bonchev–Trinajstić information content (AvgIpc) is 3.04. The molecule has 0 aliphatic carbocycles. The van der Waals surface area contributed by atoms with Crippen LogP contribution in [-0.2, 0) is 6.54 Å². The number of nitrogens with one attached hydrogen (secondary N) is 1. The zero-order chi connectivity index (χ0) is 19.8. The van der Waals surface area contributed by atoms with Crippen molar-refractivity contribution in [2.75, 3.05) is 44.2 Å². The standard InChI is InChI=1S/C23H27N5O/c1-2-11-26-13-15-27(16-14-26)18-8-6-17(7-9-18)22-25-20-5-3-4-19-21(20)28(22)12-10-24-23(19)29/h3-9H,2,10-16H2,1H3,(H,24,29). The molecule has 1 amide bonds. The van der Waals surface area contributed by atoms with E-state index in [9.17, 15) is 4.79 Å². The number of carbonyl (C=O) groups excluding carboxylic acids is 1. The van der Waals surface area contributed by atoms with Gasteiger partial charge in [-0.3, -0.25) is 9.69 Å². The van der Waals surface area contributed by atoms with E-state index in [1.807, 2.05) is 18.2 Å². The Morgan fingerprint density at radius 2 is 1.79 bits per heavy atom. The van der Waals surface area contributed by atoms with Gasteiger partial charge in [-0.25, -0.2) is 4.98 Å². The van der Waals surface area contributed by atoms with E-state index in [4.69, 9.17) is 4.98 Å². The van der Waals surface area contributed by atoms with Crippen molar-refractivity contribution in [3.63, 3.8) is 0 Å². The summed E-state index contributed by atoms with van der Waals surface area (Å²) in [5.41, 5.74) is 4.89. The van der Waals surface area contributed by atoms with Crippen LogP contribution in [0.2, 0.25) is 0 Å². The number of hydrogen-bond acceptors (Lipinski definition) is 4. The van der Waals surface area contributed by atoms with E-state index >= 15 is 0 Å². The molecule has 5 rings (SSSR count). The van der Waals surface area contributed by atoms with Crippen LogP contribution in [-0.4, -0.2) is 59.6 Å². The number of hydrogen-bond donors (Lipinski definition) is 1. The van der Waals surface area contributed by atoms with Crippen molar-refractivity contribution >= 4 is 22.6 Å². The van der Waals surface area contributed by atoms with Crippen LogP contribution in [0.25, 0.3) is 22.4 Å². The summed E-state index contributed by atoms with van der Waals surface area (Å²) in [5.74, 6) is 0.918. The lowest BCUT2D eigenvalue weighted by molar-refractivity contribution is 0.0956. The third kappa shape index (κ3) is 3.27. The van der Waals surface area contributed by atoms with Crippen LogP contribution < -0.4 is 10.2 Å². The van der Waals surface area contributed by atoms with Gasteiger partial charge in [0.25, 0.3) is 5.91 Å². The van der Waals surface area contributed by atoms with E-state index in [2.05, 4.69) is 50.9 Å². The van der Waals surface area contributed by atoms with Gasteiger partial charge in [0, 0.05) is 50.5 Å². The molecule has 0 saturated carbocycles. The highest BCUT2D eigenvalue weighted by atomic mass is 16.1. The highest BCUT2D eigenvalue weighted by Gasteiger charge is 2.22. The summed E-state index contributed by atoms with van der Waals surface area (Å²) >= 11 is 0. The van der Waals surface area contributed by atoms with Crippen molar-refractivity contribution in [3.8, 4) is 11.4 Å². The van der Waals surface area contributed by atoms with E-state index in [0.717, 1.165) is 55.1 Å². The SMILES string of the molecule is CCCN1CCN(c2ccc(-c3nc4cccc5c4n3CCNC5=O)cc2)CC1. The lowest BCUT2D eigenvalue weighted by Crippen LogP contribution is -2.46. The molecular weight excluding hydrogens is 362 g/mol. The fourth-order valence-corrected chi connectivity index (χ4v) is 4.55. The first-order valence-electron chi connectivity index (χ1n) is 10.6. The second-order valence-electron chi connectivity index (χ2n) is 7.89. The van der Waals surface area contributed by atoms with Gasteiger partial charge in [-0.2, -0.15) is 0 Å². The lowest BCUT2D eigenvalue weighted by Gasteiger charge is -2.36. The summed E-state index contributed by atoms with van der Waals surface area (Å²) < 4.78 is 2.18. The molecule has 150 valence electrons. The van der Waals surface area contributed by atoms with Crippen molar-refractivity contribution in [2.45, 2.75) is 19.9 Å². The van der Waals surface area contributed by atoms with Crippen LogP contribution in [0.15, 0.2) is 42.5 Å². The molecular formula is C23H27N5O. The molecule has 1 aromatic heterocycles. The molecule has 0 atom stereocenters. The minimum absolute atomic E-state index is 0.0154. The van der Waals surface area contributed by atoms with Gasteiger partial charge in [0.2, 0.25) is 0 Å². The summed E-state index contributed by atoms with van der Waals surface area (Å²) in [4.78, 5) is 22.2. The summed E-state index contributed by atoms with van der Waals surface area (Å²) in [5, 5.41) is 2.98. The summed E-state index contributed by atoms with van der Waals surface area (Å²) in [7, 11) is 0. The Labute approximate surface area is 171 Å². The van der Waals surface area contributed by atoms with E-state index in [1.54, 1.807) is 0 Å². The van der Waals surface area contributed by atoms with E-state index in [-0.39, 0.29) is 5.91 Å². The minimum atomic E-state index is -0.0154. The van der Waals surface area contributed by atoms with Crippen LogP contribution in [0.5, 0.6) is 0 Å². The third-order valence-corrected chi connectivity index (χ3v) is 6.04. The predicted octanol–water partition coefficient (Wildman–Crippen LogP) is 2.98. The third-order valence-electron chi connectivity index (χ3n) is 6.04. The summed E-state index contributed by atoms with van der Waals surface area (Å²) in [6.07, 6.45) is 1.22. The van der Waals surface area contributed by atoms with Gasteiger partial charge in [-0.05, 0) is 49.4 Å². The summed E-state index contributed by atoms with van der Waals surface area (Å²) in [6.45, 7) is 9.22. The molecule has 2 aliphatic rings. The Bertz CT molecular complexity index is 1030. The number of para-hydroxylation sites is 1. The minimum Gasteiger partial charge on any atom is -0.369 e. The Morgan fingerprint density at radius 1 is 1.00 bits per heavy atom. The smallest absolute Gasteiger partial charge is 0.253 e. The van der Waals surface area contributed by atoms with Gasteiger partial charge in [0.15, 0.2) is 0 Å². The molecule has 0 spiro atoms. The van der Waals surface area contributed by atoms with Gasteiger partial charge < -0.3 is 14.8 Å². The molecule has 2 aliphatic heterocycles. The highest BCUT2D eigenvalue weighted by Crippen LogP contribution is 2.29. The lowest BCUT2D eigenvalue weighted by atomic mass is 10.1.